The van der Waals surface area contributed by atoms with Crippen LogP contribution < -0.4 is 10.6 Å². The number of hydrogen-bond donors (Lipinski definition) is 2. The lowest BCUT2D eigenvalue weighted by atomic mass is 10.1. The Morgan fingerprint density at radius 1 is 0.917 bits per heavy atom. The zero-order valence-corrected chi connectivity index (χ0v) is 13.5. The Hall–Kier alpha value is -3.15. The molecule has 0 aliphatic heterocycles. The molecule has 2 aromatic rings. The fourth-order valence-corrected chi connectivity index (χ4v) is 2.19. The van der Waals surface area contributed by atoms with E-state index in [-0.39, 0.29) is 23.8 Å². The van der Waals surface area contributed by atoms with Gasteiger partial charge >= 0.3 is 5.97 Å². The highest BCUT2D eigenvalue weighted by molar-refractivity contribution is 6.03. The number of anilines is 2. The Morgan fingerprint density at radius 3 is 2.12 bits per heavy atom. The first-order valence-corrected chi connectivity index (χ1v) is 7.34. The van der Waals surface area contributed by atoms with E-state index in [0.29, 0.717) is 16.9 Å². The summed E-state index contributed by atoms with van der Waals surface area (Å²) in [6, 6.07) is 13.5. The van der Waals surface area contributed by atoms with Crippen molar-refractivity contribution in [3.8, 4) is 0 Å². The number of nitrogens with one attached hydrogen (secondary N) is 2. The van der Waals surface area contributed by atoms with Crippen molar-refractivity contribution in [1.82, 2.24) is 0 Å². The van der Waals surface area contributed by atoms with Crippen molar-refractivity contribution in [3.63, 3.8) is 0 Å². The first-order chi connectivity index (χ1) is 11.5. The number of esters is 1. The molecule has 0 aliphatic carbocycles. The molecule has 0 heterocycles. The molecule has 0 saturated carbocycles. The molecule has 0 atom stereocenters. The number of para-hydroxylation sites is 2. The molecule has 0 unspecified atom stereocenters. The topological polar surface area (TPSA) is 84.5 Å². The number of ether oxygens (including phenoxy) is 1. The highest BCUT2D eigenvalue weighted by Gasteiger charge is 2.13. The second-order valence-corrected chi connectivity index (χ2v) is 5.04. The molecule has 2 aromatic carbocycles. The molecule has 0 fully saturated rings. The average molecular weight is 326 g/mol. The molecule has 2 rings (SSSR count). The van der Waals surface area contributed by atoms with Gasteiger partial charge in [-0.05, 0) is 31.2 Å². The highest BCUT2D eigenvalue weighted by Crippen LogP contribution is 2.17. The summed E-state index contributed by atoms with van der Waals surface area (Å²) in [5.74, 6) is -0.958. The second-order valence-electron chi connectivity index (χ2n) is 5.04. The number of carbonyl (C=O) groups is 3. The van der Waals surface area contributed by atoms with Gasteiger partial charge in [-0.15, -0.1) is 0 Å². The average Bonchev–Trinajstić information content (AvgIpc) is 2.60. The minimum Gasteiger partial charge on any atom is -0.465 e. The molecule has 0 radical (unpaired) electrons. The molecule has 6 heteroatoms. The van der Waals surface area contributed by atoms with Crippen molar-refractivity contribution in [2.45, 2.75) is 6.92 Å². The molecule has 0 spiro atoms. The third-order valence-electron chi connectivity index (χ3n) is 3.35. The van der Waals surface area contributed by atoms with Crippen molar-refractivity contribution in [3.05, 3.63) is 59.7 Å². The number of ketones is 1. The predicted octanol–water partition coefficient (Wildman–Crippen LogP) is 2.73. The van der Waals surface area contributed by atoms with Gasteiger partial charge in [0.2, 0.25) is 5.91 Å². The fraction of sp³-hybridized carbons (Fsp3) is 0.167. The molecule has 0 bridgehead atoms. The number of rotatable bonds is 6. The molecule has 24 heavy (non-hydrogen) atoms. The van der Waals surface area contributed by atoms with Crippen molar-refractivity contribution in [2.75, 3.05) is 24.3 Å². The highest BCUT2D eigenvalue weighted by atomic mass is 16.5. The molecule has 2 N–H and O–H groups in total. The Balaban J connectivity index is 2.05. The van der Waals surface area contributed by atoms with Crippen LogP contribution in [0.15, 0.2) is 48.5 Å². The lowest BCUT2D eigenvalue weighted by Gasteiger charge is -2.12. The van der Waals surface area contributed by atoms with E-state index in [1.165, 1.54) is 14.0 Å². The van der Waals surface area contributed by atoms with Crippen molar-refractivity contribution >= 4 is 29.0 Å². The lowest BCUT2D eigenvalue weighted by Crippen LogP contribution is -2.23. The van der Waals surface area contributed by atoms with Crippen LogP contribution in [-0.4, -0.2) is 31.3 Å². The summed E-state index contributed by atoms with van der Waals surface area (Å²) in [6.07, 6.45) is 0. The van der Waals surface area contributed by atoms with Crippen LogP contribution in [0.4, 0.5) is 11.4 Å². The summed E-state index contributed by atoms with van der Waals surface area (Å²) < 4.78 is 4.69. The minimum atomic E-state index is -0.527. The maximum Gasteiger partial charge on any atom is 0.339 e. The Labute approximate surface area is 139 Å². The van der Waals surface area contributed by atoms with Gasteiger partial charge in [-0.2, -0.15) is 0 Å². The van der Waals surface area contributed by atoms with Crippen molar-refractivity contribution in [2.24, 2.45) is 0 Å². The van der Waals surface area contributed by atoms with Gasteiger partial charge in [-0.1, -0.05) is 24.3 Å². The Kier molecular flexibility index (Phi) is 5.68. The van der Waals surface area contributed by atoms with Crippen LogP contribution in [0.1, 0.15) is 27.6 Å². The first-order valence-electron chi connectivity index (χ1n) is 7.34. The van der Waals surface area contributed by atoms with Gasteiger partial charge in [0.15, 0.2) is 5.78 Å². The first kappa shape index (κ1) is 17.2. The van der Waals surface area contributed by atoms with Gasteiger partial charge in [0, 0.05) is 11.3 Å². The van der Waals surface area contributed by atoms with E-state index in [1.807, 2.05) is 0 Å². The molecular weight excluding hydrogens is 308 g/mol. The maximum atomic E-state index is 12.1. The largest absolute Gasteiger partial charge is 0.465 e. The van der Waals surface area contributed by atoms with Gasteiger partial charge < -0.3 is 15.4 Å². The number of benzene rings is 2. The van der Waals surface area contributed by atoms with E-state index in [9.17, 15) is 14.4 Å². The predicted molar refractivity (Wildman–Crippen MR) is 91.3 cm³/mol. The molecule has 0 aromatic heterocycles. The van der Waals surface area contributed by atoms with Crippen LogP contribution in [0.2, 0.25) is 0 Å². The van der Waals surface area contributed by atoms with Crippen LogP contribution in [0, 0.1) is 0 Å². The Morgan fingerprint density at radius 2 is 1.50 bits per heavy atom. The summed E-state index contributed by atoms with van der Waals surface area (Å²) in [7, 11) is 1.28. The zero-order valence-electron chi connectivity index (χ0n) is 13.5. The van der Waals surface area contributed by atoms with Crippen LogP contribution in [-0.2, 0) is 9.53 Å². The molecule has 124 valence electrons. The normalized spacial score (nSPS) is 9.92. The maximum absolute atomic E-state index is 12.1. The monoisotopic (exact) mass is 326 g/mol. The van der Waals surface area contributed by atoms with Gasteiger partial charge in [0.25, 0.3) is 0 Å². The lowest BCUT2D eigenvalue weighted by molar-refractivity contribution is -0.114. The third kappa shape index (κ3) is 4.19. The Bertz CT molecular complexity index is 771. The van der Waals surface area contributed by atoms with E-state index in [4.69, 9.17) is 0 Å². The number of hydrogen-bond acceptors (Lipinski definition) is 5. The number of methoxy groups -OCH3 is 1. The van der Waals surface area contributed by atoms with E-state index in [0.717, 1.165) is 0 Å². The smallest absolute Gasteiger partial charge is 0.339 e. The minimum absolute atomic E-state index is 0.0419. The standard InChI is InChI=1S/C18H18N2O4/c1-12(21)13-7-3-5-9-15(13)19-11-17(22)20-16-10-6-4-8-14(16)18(23)24-2/h3-10,19H,11H2,1-2H3,(H,20,22). The van der Waals surface area contributed by atoms with E-state index < -0.39 is 5.97 Å². The molecular formula is C18H18N2O4. The van der Waals surface area contributed by atoms with Crippen LogP contribution >= 0.6 is 0 Å². The summed E-state index contributed by atoms with van der Waals surface area (Å²) in [5, 5.41) is 5.59. The third-order valence-corrected chi connectivity index (χ3v) is 3.35. The second kappa shape index (κ2) is 7.92. The zero-order chi connectivity index (χ0) is 17.5. The number of carbonyl (C=O) groups excluding carboxylic acids is 3. The van der Waals surface area contributed by atoms with Gasteiger partial charge in [-0.3, -0.25) is 9.59 Å². The van der Waals surface area contributed by atoms with Gasteiger partial charge in [-0.25, -0.2) is 4.79 Å². The molecule has 1 amide bonds. The van der Waals surface area contributed by atoms with E-state index in [2.05, 4.69) is 15.4 Å². The summed E-state index contributed by atoms with van der Waals surface area (Å²) in [4.78, 5) is 35.4. The SMILES string of the molecule is COC(=O)c1ccccc1NC(=O)CNc1ccccc1C(C)=O. The molecule has 6 nitrogen and oxygen atoms in total. The number of Topliss-reactive ketones (excluding diaryl/α,β-unsaturated/α-hetero) is 1. The number of amides is 1. The van der Waals surface area contributed by atoms with E-state index in [1.54, 1.807) is 48.5 Å². The summed E-state index contributed by atoms with van der Waals surface area (Å²) in [5.41, 5.74) is 1.75. The summed E-state index contributed by atoms with van der Waals surface area (Å²) >= 11 is 0. The summed E-state index contributed by atoms with van der Waals surface area (Å²) in [6.45, 7) is 1.42. The van der Waals surface area contributed by atoms with Crippen molar-refractivity contribution < 1.29 is 19.1 Å². The molecule has 0 aliphatic rings. The fourth-order valence-electron chi connectivity index (χ4n) is 2.19. The quantitative estimate of drug-likeness (QED) is 0.630. The van der Waals surface area contributed by atoms with Gasteiger partial charge in [0.05, 0.1) is 24.9 Å². The van der Waals surface area contributed by atoms with Crippen molar-refractivity contribution in [1.29, 1.82) is 0 Å². The van der Waals surface area contributed by atoms with Gasteiger partial charge in [0.1, 0.15) is 0 Å². The molecule has 0 saturated heterocycles. The van der Waals surface area contributed by atoms with Crippen LogP contribution in [0.3, 0.4) is 0 Å². The van der Waals surface area contributed by atoms with Crippen LogP contribution in [0.25, 0.3) is 0 Å². The van der Waals surface area contributed by atoms with Crippen LogP contribution in [0.5, 0.6) is 0 Å². The van der Waals surface area contributed by atoms with E-state index >= 15 is 0 Å².